The molecule has 1 rings (SSSR count). The minimum Gasteiger partial charge on any atom is -0.375 e. The van der Waals surface area contributed by atoms with Gasteiger partial charge in [-0.2, -0.15) is 0 Å². The second-order valence-electron chi connectivity index (χ2n) is 6.68. The fraction of sp³-hybridized carbons (Fsp3) is 0.824. The maximum atomic E-state index is 11.0. The molecule has 22 heavy (non-hydrogen) atoms. The molecule has 0 aliphatic heterocycles. The predicted molar refractivity (Wildman–Crippen MR) is 90.0 cm³/mol. The van der Waals surface area contributed by atoms with Crippen LogP contribution in [0.3, 0.4) is 0 Å². The van der Waals surface area contributed by atoms with E-state index < -0.39 is 0 Å². The molecule has 0 fully saturated rings. The van der Waals surface area contributed by atoms with Gasteiger partial charge in [0.1, 0.15) is 5.78 Å². The third kappa shape index (κ3) is 7.69. The molecule has 0 unspecified atom stereocenters. The summed E-state index contributed by atoms with van der Waals surface area (Å²) in [6, 6.07) is 0. The Morgan fingerprint density at radius 1 is 1.23 bits per heavy atom. The van der Waals surface area contributed by atoms with Gasteiger partial charge >= 0.3 is 0 Å². The van der Waals surface area contributed by atoms with Crippen molar-refractivity contribution in [2.75, 3.05) is 6.61 Å². The normalized spacial score (nSPS) is 11.8. The van der Waals surface area contributed by atoms with Crippen LogP contribution in [0.25, 0.3) is 0 Å². The van der Waals surface area contributed by atoms with Crippen molar-refractivity contribution >= 4 is 5.78 Å². The van der Waals surface area contributed by atoms with Crippen molar-refractivity contribution in [3.05, 3.63) is 11.9 Å². The van der Waals surface area contributed by atoms with Crippen molar-refractivity contribution in [2.24, 2.45) is 0 Å². The lowest BCUT2D eigenvalue weighted by molar-refractivity contribution is -0.119. The largest absolute Gasteiger partial charge is 0.375 e. The van der Waals surface area contributed by atoms with Crippen LogP contribution in [0.2, 0.25) is 0 Å². The summed E-state index contributed by atoms with van der Waals surface area (Å²) in [5.41, 5.74) is 0.526. The second kappa shape index (κ2) is 9.03. The smallest absolute Gasteiger partial charge is 0.129 e. The Hall–Kier alpha value is -1.23. The van der Waals surface area contributed by atoms with Gasteiger partial charge in [-0.25, -0.2) is 4.68 Å². The fourth-order valence-corrected chi connectivity index (χ4v) is 1.88. The van der Waals surface area contributed by atoms with Crippen molar-refractivity contribution in [3.8, 4) is 0 Å². The maximum Gasteiger partial charge on any atom is 0.129 e. The summed E-state index contributed by atoms with van der Waals surface area (Å²) >= 11 is 0. The molecule has 0 N–H and O–H groups in total. The molecule has 0 aromatic carbocycles. The summed E-state index contributed by atoms with van der Waals surface area (Å²) < 4.78 is 7.81. The van der Waals surface area contributed by atoms with Gasteiger partial charge in [-0.1, -0.05) is 19.1 Å². The molecule has 0 radical (unpaired) electrons. The van der Waals surface area contributed by atoms with Crippen molar-refractivity contribution < 1.29 is 9.53 Å². The van der Waals surface area contributed by atoms with Gasteiger partial charge < -0.3 is 9.53 Å². The first kappa shape index (κ1) is 20.8. The van der Waals surface area contributed by atoms with E-state index in [1.807, 2.05) is 45.5 Å². The molecular weight excluding hydrogens is 278 g/mol. The molecule has 1 heterocycles. The van der Waals surface area contributed by atoms with Gasteiger partial charge in [0, 0.05) is 19.2 Å². The van der Waals surface area contributed by atoms with Crippen LogP contribution in [0.5, 0.6) is 0 Å². The summed E-state index contributed by atoms with van der Waals surface area (Å²) in [4.78, 5) is 11.0. The molecule has 0 saturated carbocycles. The minimum absolute atomic E-state index is 0.127. The van der Waals surface area contributed by atoms with Crippen molar-refractivity contribution in [1.82, 2.24) is 15.0 Å². The van der Waals surface area contributed by atoms with Crippen LogP contribution in [-0.4, -0.2) is 33.0 Å². The Morgan fingerprint density at radius 3 is 2.27 bits per heavy atom. The minimum atomic E-state index is -0.264. The van der Waals surface area contributed by atoms with Gasteiger partial charge in [0.05, 0.1) is 16.8 Å². The third-order valence-corrected chi connectivity index (χ3v) is 3.51. The Kier molecular flexibility index (Phi) is 8.53. The van der Waals surface area contributed by atoms with E-state index in [0.717, 1.165) is 18.5 Å². The first-order chi connectivity index (χ1) is 10.1. The molecule has 0 saturated heterocycles. The highest BCUT2D eigenvalue weighted by molar-refractivity contribution is 5.75. The Bertz CT molecular complexity index is 451. The van der Waals surface area contributed by atoms with Crippen LogP contribution in [0.15, 0.2) is 6.20 Å². The Morgan fingerprint density at radius 2 is 1.82 bits per heavy atom. The molecule has 5 nitrogen and oxygen atoms in total. The Labute approximate surface area is 135 Å². The molecule has 0 spiro atoms. The van der Waals surface area contributed by atoms with E-state index in [9.17, 15) is 4.79 Å². The van der Waals surface area contributed by atoms with Crippen molar-refractivity contribution in [1.29, 1.82) is 0 Å². The van der Waals surface area contributed by atoms with E-state index in [1.165, 1.54) is 0 Å². The van der Waals surface area contributed by atoms with E-state index in [1.54, 1.807) is 6.92 Å². The van der Waals surface area contributed by atoms with Gasteiger partial charge in [0.2, 0.25) is 0 Å². The highest BCUT2D eigenvalue weighted by atomic mass is 16.5. The number of rotatable bonds is 8. The summed E-state index contributed by atoms with van der Waals surface area (Å²) in [6.45, 7) is 16.5. The van der Waals surface area contributed by atoms with Gasteiger partial charge in [-0.15, -0.1) is 5.10 Å². The molecule has 0 atom stereocenters. The van der Waals surface area contributed by atoms with Crippen LogP contribution >= 0.6 is 0 Å². The van der Waals surface area contributed by atoms with E-state index in [-0.39, 0.29) is 16.9 Å². The molecular formula is C17H33N3O2. The van der Waals surface area contributed by atoms with Crippen LogP contribution < -0.4 is 0 Å². The van der Waals surface area contributed by atoms with Gasteiger partial charge in [0.25, 0.3) is 0 Å². The zero-order valence-electron chi connectivity index (χ0n) is 15.6. The molecule has 0 aliphatic rings. The first-order valence-corrected chi connectivity index (χ1v) is 8.15. The summed E-state index contributed by atoms with van der Waals surface area (Å²) in [5, 5.41) is 8.15. The van der Waals surface area contributed by atoms with Crippen LogP contribution in [0, 0.1) is 6.92 Å². The topological polar surface area (TPSA) is 57.0 Å². The molecule has 5 heteroatoms. The van der Waals surface area contributed by atoms with Crippen LogP contribution in [0.1, 0.15) is 73.4 Å². The van der Waals surface area contributed by atoms with E-state index in [0.29, 0.717) is 13.0 Å². The average molecular weight is 311 g/mol. The highest BCUT2D eigenvalue weighted by Crippen LogP contribution is 2.22. The lowest BCUT2D eigenvalue weighted by Crippen LogP contribution is -2.32. The highest BCUT2D eigenvalue weighted by Gasteiger charge is 2.24. The van der Waals surface area contributed by atoms with E-state index >= 15 is 0 Å². The zero-order chi connectivity index (χ0) is 17.4. The molecule has 1 aromatic heterocycles. The monoisotopic (exact) mass is 311 g/mol. The van der Waals surface area contributed by atoms with E-state index in [2.05, 4.69) is 24.2 Å². The standard InChI is InChI=1S/C15H27N3O2.C2H6/c1-12-11-18(17-16-12)14(3,4)9-10-20-15(5,6)8-7-13(2)19;1-2/h11H,7-10H2,1-6H3;1-2H3. The number of aryl methyl sites for hydroxylation is 1. The van der Waals surface area contributed by atoms with Gasteiger partial charge in [-0.3, -0.25) is 0 Å². The van der Waals surface area contributed by atoms with Crippen molar-refractivity contribution in [3.63, 3.8) is 0 Å². The number of Topliss-reactive ketones (excluding diaryl/α,β-unsaturated/α-hetero) is 1. The Balaban J connectivity index is 0.00000211. The van der Waals surface area contributed by atoms with Crippen LogP contribution in [-0.2, 0) is 15.1 Å². The molecule has 0 amide bonds. The number of carbonyl (C=O) groups is 1. The second-order valence-corrected chi connectivity index (χ2v) is 6.68. The van der Waals surface area contributed by atoms with E-state index in [4.69, 9.17) is 4.74 Å². The lowest BCUT2D eigenvalue weighted by Gasteiger charge is -2.29. The predicted octanol–water partition coefficient (Wildman–Crippen LogP) is 3.90. The number of hydrogen-bond acceptors (Lipinski definition) is 4. The maximum absolute atomic E-state index is 11.0. The number of hydrogen-bond donors (Lipinski definition) is 0. The number of carbonyl (C=O) groups excluding carboxylic acids is 1. The summed E-state index contributed by atoms with van der Waals surface area (Å²) in [5.74, 6) is 0.208. The zero-order valence-corrected chi connectivity index (χ0v) is 15.6. The number of ketones is 1. The van der Waals surface area contributed by atoms with Gasteiger partial charge in [0.15, 0.2) is 0 Å². The fourth-order valence-electron chi connectivity index (χ4n) is 1.88. The van der Waals surface area contributed by atoms with Crippen LogP contribution in [0.4, 0.5) is 0 Å². The number of nitrogens with zero attached hydrogens (tertiary/aromatic N) is 3. The number of aromatic nitrogens is 3. The molecule has 1 aromatic rings. The first-order valence-electron chi connectivity index (χ1n) is 8.15. The average Bonchev–Trinajstić information content (AvgIpc) is 2.86. The van der Waals surface area contributed by atoms with Crippen molar-refractivity contribution in [2.45, 2.75) is 85.8 Å². The number of ether oxygens (including phenoxy) is 1. The summed E-state index contributed by atoms with van der Waals surface area (Å²) in [6.07, 6.45) is 4.12. The molecule has 0 bridgehead atoms. The SMILES string of the molecule is CC.CC(=O)CCC(C)(C)OCCC(C)(C)n1cc(C)nn1. The molecule has 0 aliphatic carbocycles. The third-order valence-electron chi connectivity index (χ3n) is 3.51. The lowest BCUT2D eigenvalue weighted by atomic mass is 9.99. The quantitative estimate of drug-likeness (QED) is 0.730. The summed E-state index contributed by atoms with van der Waals surface area (Å²) in [7, 11) is 0. The molecule has 128 valence electrons. The van der Waals surface area contributed by atoms with Gasteiger partial charge in [-0.05, 0) is 54.4 Å².